The molecular formula is C24H26Br4O6. The van der Waals surface area contributed by atoms with E-state index in [1.807, 2.05) is 24.3 Å². The number of halogens is 4. The molecule has 2 rings (SSSR count). The molecule has 0 aliphatic rings. The van der Waals surface area contributed by atoms with Gasteiger partial charge in [0.25, 0.3) is 0 Å². The van der Waals surface area contributed by atoms with Crippen molar-refractivity contribution in [2.75, 3.05) is 13.2 Å². The molecule has 186 valence electrons. The Morgan fingerprint density at radius 2 is 1.00 bits per heavy atom. The van der Waals surface area contributed by atoms with Crippen LogP contribution in [0.15, 0.2) is 67.5 Å². The molecule has 0 spiro atoms. The minimum absolute atomic E-state index is 0.244. The lowest BCUT2D eigenvalue weighted by Gasteiger charge is -2.24. The molecule has 10 heteroatoms. The summed E-state index contributed by atoms with van der Waals surface area (Å²) in [5, 5.41) is 20.0. The third-order valence-electron chi connectivity index (χ3n) is 4.34. The van der Waals surface area contributed by atoms with Crippen molar-refractivity contribution in [1.29, 1.82) is 0 Å². The molecule has 4 atom stereocenters. The zero-order valence-corrected chi connectivity index (χ0v) is 25.0. The fourth-order valence-corrected chi connectivity index (χ4v) is 5.53. The first-order valence-electron chi connectivity index (χ1n) is 10.2. The van der Waals surface area contributed by atoms with Crippen molar-refractivity contribution < 1.29 is 29.2 Å². The predicted molar refractivity (Wildman–Crippen MR) is 147 cm³/mol. The van der Waals surface area contributed by atoms with Crippen molar-refractivity contribution in [1.82, 2.24) is 0 Å². The minimum Gasteiger partial charge on any atom is -0.460 e. The quantitative estimate of drug-likeness (QED) is 0.171. The van der Waals surface area contributed by atoms with Crippen LogP contribution in [-0.2, 0) is 9.47 Å². The van der Waals surface area contributed by atoms with Crippen LogP contribution >= 0.6 is 63.7 Å². The number of aliphatic hydroxyl groups excluding tert-OH is 2. The van der Waals surface area contributed by atoms with Gasteiger partial charge in [-0.1, -0.05) is 12.2 Å². The van der Waals surface area contributed by atoms with Crippen LogP contribution in [0.3, 0.4) is 0 Å². The van der Waals surface area contributed by atoms with Gasteiger partial charge in [-0.15, -0.1) is 13.2 Å². The topological polar surface area (TPSA) is 77.4 Å². The van der Waals surface area contributed by atoms with E-state index in [0.717, 1.165) is 11.1 Å². The Balaban J connectivity index is 2.34. The highest BCUT2D eigenvalue weighted by Crippen LogP contribution is 2.43. The molecule has 0 aromatic heterocycles. The lowest BCUT2D eigenvalue weighted by atomic mass is 10.1. The molecule has 0 aliphatic carbocycles. The van der Waals surface area contributed by atoms with Crippen LogP contribution in [-0.4, -0.2) is 48.2 Å². The molecule has 2 N–H and O–H groups in total. The highest BCUT2D eigenvalue weighted by Gasteiger charge is 2.23. The Hall–Kier alpha value is -0.720. The fraction of sp³-hybridized carbons (Fsp3) is 0.333. The summed E-state index contributed by atoms with van der Waals surface area (Å²) >= 11 is 14.2. The van der Waals surface area contributed by atoms with Gasteiger partial charge in [0.2, 0.25) is 12.6 Å². The normalized spacial score (nSPS) is 14.7. The molecule has 0 heterocycles. The molecule has 0 saturated carbocycles. The largest absolute Gasteiger partial charge is 0.460 e. The van der Waals surface area contributed by atoms with Gasteiger partial charge in [-0.3, -0.25) is 0 Å². The van der Waals surface area contributed by atoms with Gasteiger partial charge in [0, 0.05) is 0 Å². The van der Waals surface area contributed by atoms with E-state index in [1.54, 1.807) is 26.0 Å². The van der Waals surface area contributed by atoms with Crippen molar-refractivity contribution in [3.63, 3.8) is 0 Å². The van der Waals surface area contributed by atoms with Crippen molar-refractivity contribution in [2.24, 2.45) is 0 Å². The summed E-state index contributed by atoms with van der Waals surface area (Å²) in [7, 11) is 0. The summed E-state index contributed by atoms with van der Waals surface area (Å²) in [6, 6.07) is 7.58. The molecule has 34 heavy (non-hydrogen) atoms. The Labute approximate surface area is 233 Å². The molecule has 0 saturated heterocycles. The minimum atomic E-state index is -0.860. The summed E-state index contributed by atoms with van der Waals surface area (Å²) in [5.41, 5.74) is 1.77. The number of benzene rings is 2. The zero-order chi connectivity index (χ0) is 25.4. The van der Waals surface area contributed by atoms with E-state index in [4.69, 9.17) is 18.9 Å². The molecule has 0 bridgehead atoms. The third kappa shape index (κ3) is 8.16. The second kappa shape index (κ2) is 14.1. The van der Waals surface area contributed by atoms with E-state index in [0.29, 0.717) is 29.4 Å². The molecule has 0 aliphatic heterocycles. The summed E-state index contributed by atoms with van der Waals surface area (Å²) in [6.07, 6.45) is -0.242. The van der Waals surface area contributed by atoms with Gasteiger partial charge >= 0.3 is 0 Å². The van der Waals surface area contributed by atoms with Crippen LogP contribution in [0.1, 0.15) is 13.8 Å². The maximum absolute atomic E-state index is 9.98. The van der Waals surface area contributed by atoms with Gasteiger partial charge in [0.05, 0.1) is 31.1 Å². The fourth-order valence-electron chi connectivity index (χ4n) is 2.78. The van der Waals surface area contributed by atoms with E-state index in [1.165, 1.54) is 0 Å². The molecule has 4 unspecified atom stereocenters. The Bertz CT molecular complexity index is 870. The Kier molecular flexibility index (Phi) is 12.3. The molecule has 6 nitrogen and oxygen atoms in total. The van der Waals surface area contributed by atoms with Crippen molar-refractivity contribution in [3.05, 3.63) is 67.5 Å². The maximum Gasteiger partial charge on any atom is 0.226 e. The standard InChI is InChI=1S/C24H26Br4O6/c1-5-7-31-23(13(3)29)33-21-17(25)9-15(10-18(21)26)16-11-19(27)22(20(28)12-16)34-24(14(4)30)32-8-6-2/h5-6,9-14,23-24,29-30H,1-2,7-8H2,3-4H3. The average Bonchev–Trinajstić information content (AvgIpc) is 2.76. The SMILES string of the molecule is C=CCOC(Oc1c(Br)cc(-c2cc(Br)c(OC(OCC=C)C(C)O)c(Br)c2)cc1Br)C(C)O. The smallest absolute Gasteiger partial charge is 0.226 e. The van der Waals surface area contributed by atoms with Gasteiger partial charge in [-0.05, 0) is 113 Å². The summed E-state index contributed by atoms with van der Waals surface area (Å²) in [6.45, 7) is 10.9. The van der Waals surface area contributed by atoms with E-state index < -0.39 is 24.8 Å². The van der Waals surface area contributed by atoms with Crippen LogP contribution in [0.5, 0.6) is 11.5 Å². The molecule has 2 aromatic carbocycles. The van der Waals surface area contributed by atoms with Crippen molar-refractivity contribution >= 4 is 63.7 Å². The van der Waals surface area contributed by atoms with Crippen LogP contribution in [0, 0.1) is 0 Å². The van der Waals surface area contributed by atoms with Crippen molar-refractivity contribution in [3.8, 4) is 22.6 Å². The van der Waals surface area contributed by atoms with Gasteiger partial charge < -0.3 is 29.2 Å². The number of ether oxygens (including phenoxy) is 4. The number of aliphatic hydroxyl groups is 2. The predicted octanol–water partition coefficient (Wildman–Crippen LogP) is 6.98. The summed E-state index contributed by atoms with van der Waals surface area (Å²) in [4.78, 5) is 0. The number of hydrogen-bond donors (Lipinski definition) is 2. The first-order chi connectivity index (χ1) is 16.1. The van der Waals surface area contributed by atoms with E-state index in [9.17, 15) is 10.2 Å². The zero-order valence-electron chi connectivity index (χ0n) is 18.6. The summed E-state index contributed by atoms with van der Waals surface area (Å²) in [5.74, 6) is 0.992. The average molecular weight is 730 g/mol. The van der Waals surface area contributed by atoms with Crippen LogP contribution in [0.25, 0.3) is 11.1 Å². The third-order valence-corrected chi connectivity index (χ3v) is 6.70. The van der Waals surface area contributed by atoms with Gasteiger partial charge in [0.15, 0.2) is 11.5 Å². The summed E-state index contributed by atoms with van der Waals surface area (Å²) < 4.78 is 25.5. The first kappa shape index (κ1) is 29.5. The van der Waals surface area contributed by atoms with Gasteiger partial charge in [0.1, 0.15) is 12.2 Å². The molecule has 0 fully saturated rings. The van der Waals surface area contributed by atoms with Crippen LogP contribution in [0.2, 0.25) is 0 Å². The van der Waals surface area contributed by atoms with Crippen molar-refractivity contribution in [2.45, 2.75) is 38.6 Å². The van der Waals surface area contributed by atoms with Gasteiger partial charge in [-0.25, -0.2) is 0 Å². The molecule has 2 aromatic rings. The Morgan fingerprint density at radius 3 is 1.24 bits per heavy atom. The number of rotatable bonds is 13. The molecular weight excluding hydrogens is 704 g/mol. The monoisotopic (exact) mass is 726 g/mol. The van der Waals surface area contributed by atoms with Gasteiger partial charge in [-0.2, -0.15) is 0 Å². The lowest BCUT2D eigenvalue weighted by Crippen LogP contribution is -2.32. The maximum atomic E-state index is 9.98. The van der Waals surface area contributed by atoms with E-state index in [2.05, 4.69) is 76.9 Å². The molecule has 0 amide bonds. The second-order valence-electron chi connectivity index (χ2n) is 7.24. The highest BCUT2D eigenvalue weighted by atomic mass is 79.9. The van der Waals surface area contributed by atoms with Crippen LogP contribution < -0.4 is 9.47 Å². The Morgan fingerprint density at radius 1 is 0.706 bits per heavy atom. The van der Waals surface area contributed by atoms with E-state index in [-0.39, 0.29) is 13.2 Å². The van der Waals surface area contributed by atoms with Crippen LogP contribution in [0.4, 0.5) is 0 Å². The number of hydrogen-bond acceptors (Lipinski definition) is 6. The molecule has 0 radical (unpaired) electrons. The second-order valence-corrected chi connectivity index (χ2v) is 10.7. The first-order valence-corrected chi connectivity index (χ1v) is 13.4. The highest BCUT2D eigenvalue weighted by molar-refractivity contribution is 9.11. The lowest BCUT2D eigenvalue weighted by molar-refractivity contribution is -0.132. The van der Waals surface area contributed by atoms with E-state index >= 15 is 0 Å².